The summed E-state index contributed by atoms with van der Waals surface area (Å²) in [6.07, 6.45) is 3.86. The largest absolute Gasteiger partial charge is 0.496 e. The molecule has 0 aliphatic carbocycles. The SMILES string of the molecule is CCCCCNCc1ccc(OC)c(C)c1. The second kappa shape index (κ2) is 7.29. The number of hydrogen-bond donors (Lipinski definition) is 1. The Balaban J connectivity index is 2.34. The number of nitrogens with one attached hydrogen (secondary N) is 1. The van der Waals surface area contributed by atoms with Gasteiger partial charge in [-0.05, 0) is 37.1 Å². The van der Waals surface area contributed by atoms with Crippen LogP contribution < -0.4 is 10.1 Å². The van der Waals surface area contributed by atoms with Gasteiger partial charge in [0.25, 0.3) is 0 Å². The van der Waals surface area contributed by atoms with Crippen molar-refractivity contribution in [2.75, 3.05) is 13.7 Å². The Labute approximate surface area is 99.0 Å². The van der Waals surface area contributed by atoms with Crippen LogP contribution in [0.5, 0.6) is 5.75 Å². The van der Waals surface area contributed by atoms with Crippen LogP contribution in [0.1, 0.15) is 37.3 Å². The fraction of sp³-hybridized carbons (Fsp3) is 0.571. The van der Waals surface area contributed by atoms with Crippen molar-refractivity contribution in [2.24, 2.45) is 0 Å². The monoisotopic (exact) mass is 221 g/mol. The summed E-state index contributed by atoms with van der Waals surface area (Å²) in [6, 6.07) is 6.35. The van der Waals surface area contributed by atoms with E-state index in [2.05, 4.69) is 31.3 Å². The second-order valence-corrected chi connectivity index (χ2v) is 4.19. The van der Waals surface area contributed by atoms with Crippen LogP contribution in [-0.2, 0) is 6.54 Å². The quantitative estimate of drug-likeness (QED) is 0.713. The topological polar surface area (TPSA) is 21.3 Å². The van der Waals surface area contributed by atoms with Crippen LogP contribution in [0.15, 0.2) is 18.2 Å². The highest BCUT2D eigenvalue weighted by atomic mass is 16.5. The maximum atomic E-state index is 5.24. The number of benzene rings is 1. The van der Waals surface area contributed by atoms with Gasteiger partial charge in [-0.3, -0.25) is 0 Å². The van der Waals surface area contributed by atoms with E-state index in [1.54, 1.807) is 7.11 Å². The third-order valence-corrected chi connectivity index (χ3v) is 2.75. The van der Waals surface area contributed by atoms with Gasteiger partial charge in [0.15, 0.2) is 0 Å². The van der Waals surface area contributed by atoms with Gasteiger partial charge in [0.05, 0.1) is 7.11 Å². The summed E-state index contributed by atoms with van der Waals surface area (Å²) in [5.74, 6) is 0.967. The molecule has 2 nitrogen and oxygen atoms in total. The molecule has 0 saturated heterocycles. The molecule has 0 radical (unpaired) electrons. The van der Waals surface area contributed by atoms with Crippen LogP contribution in [0, 0.1) is 6.92 Å². The normalized spacial score (nSPS) is 10.4. The van der Waals surface area contributed by atoms with Crippen molar-refractivity contribution in [1.29, 1.82) is 0 Å². The Bertz CT molecular complexity index is 310. The van der Waals surface area contributed by atoms with E-state index in [9.17, 15) is 0 Å². The standard InChI is InChI=1S/C14H23NO/c1-4-5-6-9-15-11-13-7-8-14(16-3)12(2)10-13/h7-8,10,15H,4-6,9,11H2,1-3H3. The van der Waals surface area contributed by atoms with Gasteiger partial charge in [0, 0.05) is 6.54 Å². The minimum Gasteiger partial charge on any atom is -0.496 e. The van der Waals surface area contributed by atoms with Crippen molar-refractivity contribution in [3.05, 3.63) is 29.3 Å². The molecular weight excluding hydrogens is 198 g/mol. The molecular formula is C14H23NO. The molecule has 0 aromatic heterocycles. The summed E-state index contributed by atoms with van der Waals surface area (Å²) in [6.45, 7) is 6.37. The molecule has 0 spiro atoms. The lowest BCUT2D eigenvalue weighted by atomic mass is 10.1. The minimum atomic E-state index is 0.953. The van der Waals surface area contributed by atoms with E-state index in [-0.39, 0.29) is 0 Å². The molecule has 1 aromatic rings. The number of methoxy groups -OCH3 is 1. The van der Waals surface area contributed by atoms with Crippen molar-refractivity contribution < 1.29 is 4.74 Å². The van der Waals surface area contributed by atoms with Crippen molar-refractivity contribution in [3.8, 4) is 5.75 Å². The summed E-state index contributed by atoms with van der Waals surface area (Å²) >= 11 is 0. The van der Waals surface area contributed by atoms with Crippen LogP contribution >= 0.6 is 0 Å². The van der Waals surface area contributed by atoms with E-state index >= 15 is 0 Å². The Kier molecular flexibility index (Phi) is 5.94. The number of rotatable bonds is 7. The van der Waals surface area contributed by atoms with Gasteiger partial charge in [-0.2, -0.15) is 0 Å². The zero-order valence-electron chi connectivity index (χ0n) is 10.7. The van der Waals surface area contributed by atoms with E-state index in [0.717, 1.165) is 18.8 Å². The van der Waals surface area contributed by atoms with Gasteiger partial charge < -0.3 is 10.1 Å². The van der Waals surface area contributed by atoms with Crippen LogP contribution in [0.4, 0.5) is 0 Å². The maximum Gasteiger partial charge on any atom is 0.121 e. The summed E-state index contributed by atoms with van der Waals surface area (Å²) < 4.78 is 5.24. The van der Waals surface area contributed by atoms with Crippen molar-refractivity contribution in [1.82, 2.24) is 5.32 Å². The van der Waals surface area contributed by atoms with Crippen molar-refractivity contribution in [3.63, 3.8) is 0 Å². The van der Waals surface area contributed by atoms with Crippen molar-refractivity contribution >= 4 is 0 Å². The van der Waals surface area contributed by atoms with Crippen molar-refractivity contribution in [2.45, 2.75) is 39.7 Å². The minimum absolute atomic E-state index is 0.953. The van der Waals surface area contributed by atoms with Crippen LogP contribution in [0.3, 0.4) is 0 Å². The van der Waals surface area contributed by atoms with Crippen LogP contribution in [0.2, 0.25) is 0 Å². The maximum absolute atomic E-state index is 5.24. The van der Waals surface area contributed by atoms with Gasteiger partial charge in [0.2, 0.25) is 0 Å². The summed E-state index contributed by atoms with van der Waals surface area (Å²) in [4.78, 5) is 0. The summed E-state index contributed by atoms with van der Waals surface area (Å²) in [5, 5.41) is 3.46. The first-order chi connectivity index (χ1) is 7.77. The molecule has 2 heteroatoms. The van der Waals surface area contributed by atoms with E-state index in [0.29, 0.717) is 0 Å². The highest BCUT2D eigenvalue weighted by Gasteiger charge is 1.99. The number of aryl methyl sites for hydroxylation is 1. The number of unbranched alkanes of at least 4 members (excludes halogenated alkanes) is 2. The Hall–Kier alpha value is -1.02. The average molecular weight is 221 g/mol. The molecule has 0 atom stereocenters. The third-order valence-electron chi connectivity index (χ3n) is 2.75. The lowest BCUT2D eigenvalue weighted by Crippen LogP contribution is -2.14. The van der Waals surface area contributed by atoms with Gasteiger partial charge in [-0.25, -0.2) is 0 Å². The molecule has 0 aliphatic rings. The van der Waals surface area contributed by atoms with Gasteiger partial charge in [0.1, 0.15) is 5.75 Å². The molecule has 1 rings (SSSR count). The van der Waals surface area contributed by atoms with Gasteiger partial charge >= 0.3 is 0 Å². The van der Waals surface area contributed by atoms with Crippen LogP contribution in [-0.4, -0.2) is 13.7 Å². The second-order valence-electron chi connectivity index (χ2n) is 4.19. The van der Waals surface area contributed by atoms with Crippen LogP contribution in [0.25, 0.3) is 0 Å². The first kappa shape index (κ1) is 13.0. The molecule has 16 heavy (non-hydrogen) atoms. The first-order valence-corrected chi connectivity index (χ1v) is 6.12. The van der Waals surface area contributed by atoms with E-state index in [1.807, 2.05) is 6.07 Å². The first-order valence-electron chi connectivity index (χ1n) is 6.12. The third kappa shape index (κ3) is 4.23. The zero-order chi connectivity index (χ0) is 11.8. The molecule has 0 saturated carbocycles. The zero-order valence-corrected chi connectivity index (χ0v) is 10.7. The van der Waals surface area contributed by atoms with E-state index in [4.69, 9.17) is 4.74 Å². The Morgan fingerprint density at radius 1 is 1.25 bits per heavy atom. The molecule has 0 heterocycles. The summed E-state index contributed by atoms with van der Waals surface area (Å²) in [7, 11) is 1.71. The van der Waals surface area contributed by atoms with E-state index in [1.165, 1.54) is 30.4 Å². The molecule has 0 fully saturated rings. The fourth-order valence-electron chi connectivity index (χ4n) is 1.78. The average Bonchev–Trinajstić information content (AvgIpc) is 2.29. The molecule has 0 unspecified atom stereocenters. The lowest BCUT2D eigenvalue weighted by Gasteiger charge is -2.08. The smallest absolute Gasteiger partial charge is 0.121 e. The molecule has 0 aliphatic heterocycles. The predicted octanol–water partition coefficient (Wildman–Crippen LogP) is 3.28. The summed E-state index contributed by atoms with van der Waals surface area (Å²) in [5.41, 5.74) is 2.53. The van der Waals surface area contributed by atoms with E-state index < -0.39 is 0 Å². The number of ether oxygens (including phenoxy) is 1. The lowest BCUT2D eigenvalue weighted by molar-refractivity contribution is 0.411. The molecule has 0 amide bonds. The molecule has 0 bridgehead atoms. The number of hydrogen-bond acceptors (Lipinski definition) is 2. The highest BCUT2D eigenvalue weighted by molar-refractivity contribution is 5.36. The molecule has 1 aromatic carbocycles. The highest BCUT2D eigenvalue weighted by Crippen LogP contribution is 2.18. The molecule has 90 valence electrons. The fourth-order valence-corrected chi connectivity index (χ4v) is 1.78. The van der Waals surface area contributed by atoms with Gasteiger partial charge in [-0.15, -0.1) is 0 Å². The van der Waals surface area contributed by atoms with Gasteiger partial charge in [-0.1, -0.05) is 31.9 Å². The Morgan fingerprint density at radius 3 is 2.69 bits per heavy atom. The molecule has 1 N–H and O–H groups in total. The Morgan fingerprint density at radius 2 is 2.06 bits per heavy atom. The predicted molar refractivity (Wildman–Crippen MR) is 69.0 cm³/mol.